The number of amides is 1. The van der Waals surface area contributed by atoms with Gasteiger partial charge in [-0.3, -0.25) is 9.78 Å². The van der Waals surface area contributed by atoms with Gasteiger partial charge in [0.05, 0.1) is 0 Å². The number of likely N-dealkylation sites (tertiary alicyclic amines) is 1. The fourth-order valence-electron chi connectivity index (χ4n) is 2.91. The molecule has 0 N–H and O–H groups in total. The van der Waals surface area contributed by atoms with Gasteiger partial charge < -0.3 is 4.90 Å². The van der Waals surface area contributed by atoms with Crippen molar-refractivity contribution in [1.29, 1.82) is 0 Å². The lowest BCUT2D eigenvalue weighted by Gasteiger charge is -2.31. The molecule has 3 heteroatoms. The highest BCUT2D eigenvalue weighted by Gasteiger charge is 2.23. The van der Waals surface area contributed by atoms with Crippen molar-refractivity contribution in [2.24, 2.45) is 5.92 Å². The van der Waals surface area contributed by atoms with Crippen LogP contribution in [-0.2, 0) is 0 Å². The number of carbonyl (C=O) groups is 1. The second kappa shape index (κ2) is 5.61. The normalized spacial score (nSPS) is 16.6. The van der Waals surface area contributed by atoms with Crippen LogP contribution in [-0.4, -0.2) is 28.9 Å². The van der Waals surface area contributed by atoms with Crippen LogP contribution in [0.3, 0.4) is 0 Å². The van der Waals surface area contributed by atoms with E-state index < -0.39 is 0 Å². The van der Waals surface area contributed by atoms with Crippen molar-refractivity contribution in [3.63, 3.8) is 0 Å². The number of rotatable bonds is 2. The molecule has 0 unspecified atom stereocenters. The first-order valence-corrected chi connectivity index (χ1v) is 7.42. The molecule has 3 nitrogen and oxygen atoms in total. The van der Waals surface area contributed by atoms with Crippen LogP contribution in [0.2, 0.25) is 0 Å². The van der Waals surface area contributed by atoms with E-state index in [-0.39, 0.29) is 5.91 Å². The minimum absolute atomic E-state index is 0.0744. The summed E-state index contributed by atoms with van der Waals surface area (Å²) in [4.78, 5) is 18.8. The van der Waals surface area contributed by atoms with Gasteiger partial charge in [-0.2, -0.15) is 0 Å². The SMILES string of the molecule is CCC1CCN(C(=O)c2cc3ccccc3cn2)CC1. The van der Waals surface area contributed by atoms with Gasteiger partial charge in [0, 0.05) is 24.7 Å². The largest absolute Gasteiger partial charge is 0.337 e. The molecule has 0 radical (unpaired) electrons. The Bertz CT molecular complexity index is 615. The summed E-state index contributed by atoms with van der Waals surface area (Å²) in [6, 6.07) is 9.92. The highest BCUT2D eigenvalue weighted by atomic mass is 16.2. The van der Waals surface area contributed by atoms with E-state index in [4.69, 9.17) is 0 Å². The van der Waals surface area contributed by atoms with Crippen LogP contribution in [0, 0.1) is 5.92 Å². The molecule has 0 atom stereocenters. The molecule has 1 aromatic heterocycles. The lowest BCUT2D eigenvalue weighted by atomic mass is 9.94. The highest BCUT2D eigenvalue weighted by molar-refractivity contribution is 5.96. The van der Waals surface area contributed by atoms with Gasteiger partial charge in [0.2, 0.25) is 0 Å². The molecular formula is C17H20N2O. The Kier molecular flexibility index (Phi) is 3.68. The lowest BCUT2D eigenvalue weighted by molar-refractivity contribution is 0.0683. The van der Waals surface area contributed by atoms with Crippen LogP contribution in [0.1, 0.15) is 36.7 Å². The Morgan fingerprint density at radius 1 is 1.25 bits per heavy atom. The lowest BCUT2D eigenvalue weighted by Crippen LogP contribution is -2.38. The predicted molar refractivity (Wildman–Crippen MR) is 80.7 cm³/mol. The predicted octanol–water partition coefficient (Wildman–Crippen LogP) is 3.50. The number of benzene rings is 1. The summed E-state index contributed by atoms with van der Waals surface area (Å²) in [7, 11) is 0. The Balaban J connectivity index is 1.79. The molecule has 20 heavy (non-hydrogen) atoms. The topological polar surface area (TPSA) is 33.2 Å². The molecule has 1 aromatic carbocycles. The van der Waals surface area contributed by atoms with Crippen LogP contribution < -0.4 is 0 Å². The minimum Gasteiger partial charge on any atom is -0.337 e. The zero-order chi connectivity index (χ0) is 13.9. The molecule has 104 valence electrons. The van der Waals surface area contributed by atoms with Crippen LogP contribution in [0.5, 0.6) is 0 Å². The number of hydrogen-bond donors (Lipinski definition) is 0. The van der Waals surface area contributed by atoms with Crippen LogP contribution in [0.15, 0.2) is 36.5 Å². The Labute approximate surface area is 119 Å². The number of carbonyl (C=O) groups excluding carboxylic acids is 1. The van der Waals surface area contributed by atoms with Gasteiger partial charge in [-0.1, -0.05) is 37.6 Å². The molecule has 0 aliphatic carbocycles. The molecular weight excluding hydrogens is 248 g/mol. The minimum atomic E-state index is 0.0744. The second-order valence-corrected chi connectivity index (χ2v) is 5.56. The first-order valence-electron chi connectivity index (χ1n) is 7.42. The third kappa shape index (κ3) is 2.53. The summed E-state index contributed by atoms with van der Waals surface area (Å²) in [5.74, 6) is 0.855. The molecule has 2 heterocycles. The van der Waals surface area contributed by atoms with Gasteiger partial charge in [0.15, 0.2) is 0 Å². The van der Waals surface area contributed by atoms with Crippen LogP contribution in [0.25, 0.3) is 10.8 Å². The standard InChI is InChI=1S/C17H20N2O/c1-2-13-7-9-19(10-8-13)17(20)16-11-14-5-3-4-6-15(14)12-18-16/h3-6,11-13H,2,7-10H2,1H3. The van der Waals surface area contributed by atoms with Gasteiger partial charge in [-0.15, -0.1) is 0 Å². The van der Waals surface area contributed by atoms with Crippen molar-refractivity contribution in [2.45, 2.75) is 26.2 Å². The molecule has 1 fully saturated rings. The number of fused-ring (bicyclic) bond motifs is 1. The summed E-state index contributed by atoms with van der Waals surface area (Å²) >= 11 is 0. The van der Waals surface area contributed by atoms with E-state index in [9.17, 15) is 4.79 Å². The number of hydrogen-bond acceptors (Lipinski definition) is 2. The first kappa shape index (κ1) is 13.1. The van der Waals surface area contributed by atoms with Crippen molar-refractivity contribution in [2.75, 3.05) is 13.1 Å². The maximum Gasteiger partial charge on any atom is 0.272 e. The third-order valence-electron chi connectivity index (χ3n) is 4.33. The van der Waals surface area contributed by atoms with Crippen molar-refractivity contribution >= 4 is 16.7 Å². The molecule has 1 saturated heterocycles. The van der Waals surface area contributed by atoms with Gasteiger partial charge in [0.25, 0.3) is 5.91 Å². The van der Waals surface area contributed by atoms with E-state index in [0.717, 1.165) is 42.6 Å². The Hall–Kier alpha value is -1.90. The van der Waals surface area contributed by atoms with Gasteiger partial charge in [0.1, 0.15) is 5.69 Å². The molecule has 1 aliphatic heterocycles. The van der Waals surface area contributed by atoms with Crippen molar-refractivity contribution in [1.82, 2.24) is 9.88 Å². The van der Waals surface area contributed by atoms with E-state index in [1.54, 1.807) is 6.20 Å². The second-order valence-electron chi connectivity index (χ2n) is 5.56. The van der Waals surface area contributed by atoms with Crippen LogP contribution >= 0.6 is 0 Å². The Morgan fingerprint density at radius 2 is 1.95 bits per heavy atom. The summed E-state index contributed by atoms with van der Waals surface area (Å²) in [5.41, 5.74) is 0.568. The van der Waals surface area contributed by atoms with Crippen LogP contribution in [0.4, 0.5) is 0 Å². The number of piperidine rings is 1. The zero-order valence-electron chi connectivity index (χ0n) is 11.9. The van der Waals surface area contributed by atoms with E-state index in [2.05, 4.69) is 11.9 Å². The number of aromatic nitrogens is 1. The number of pyridine rings is 1. The fraction of sp³-hybridized carbons (Fsp3) is 0.412. The zero-order valence-corrected chi connectivity index (χ0v) is 11.9. The molecule has 1 amide bonds. The van der Waals surface area contributed by atoms with Gasteiger partial charge >= 0.3 is 0 Å². The maximum atomic E-state index is 12.5. The monoisotopic (exact) mass is 268 g/mol. The maximum absolute atomic E-state index is 12.5. The first-order chi connectivity index (χ1) is 9.78. The van der Waals surface area contributed by atoms with E-state index in [1.807, 2.05) is 35.2 Å². The summed E-state index contributed by atoms with van der Waals surface area (Å²) in [6.45, 7) is 3.96. The van der Waals surface area contributed by atoms with Crippen molar-refractivity contribution < 1.29 is 4.79 Å². The molecule has 0 bridgehead atoms. The average molecular weight is 268 g/mol. The smallest absolute Gasteiger partial charge is 0.272 e. The quantitative estimate of drug-likeness (QED) is 0.835. The van der Waals surface area contributed by atoms with Crippen molar-refractivity contribution in [3.05, 3.63) is 42.2 Å². The molecule has 3 rings (SSSR count). The molecule has 0 spiro atoms. The average Bonchev–Trinajstić information content (AvgIpc) is 2.54. The van der Waals surface area contributed by atoms with Gasteiger partial charge in [-0.05, 0) is 30.2 Å². The molecule has 1 aliphatic rings. The summed E-state index contributed by atoms with van der Waals surface area (Å²) in [6.07, 6.45) is 5.25. The van der Waals surface area contributed by atoms with Gasteiger partial charge in [-0.25, -0.2) is 0 Å². The van der Waals surface area contributed by atoms with Crippen molar-refractivity contribution in [3.8, 4) is 0 Å². The molecule has 2 aromatic rings. The summed E-state index contributed by atoms with van der Waals surface area (Å²) in [5, 5.41) is 2.16. The molecule has 0 saturated carbocycles. The van der Waals surface area contributed by atoms with E-state index >= 15 is 0 Å². The third-order valence-corrected chi connectivity index (χ3v) is 4.33. The summed E-state index contributed by atoms with van der Waals surface area (Å²) < 4.78 is 0. The fourth-order valence-corrected chi connectivity index (χ4v) is 2.91. The highest BCUT2D eigenvalue weighted by Crippen LogP contribution is 2.22. The van der Waals surface area contributed by atoms with E-state index in [1.165, 1.54) is 6.42 Å². The Morgan fingerprint density at radius 3 is 2.65 bits per heavy atom. The number of nitrogens with zero attached hydrogens (tertiary/aromatic N) is 2. The van der Waals surface area contributed by atoms with E-state index in [0.29, 0.717) is 5.69 Å².